The number of ether oxygens (including phenoxy) is 1. The summed E-state index contributed by atoms with van der Waals surface area (Å²) in [6.45, 7) is 1.66. The normalized spacial score (nSPS) is 17.6. The maximum atomic E-state index is 10.5. The molecule has 1 aliphatic heterocycles. The summed E-state index contributed by atoms with van der Waals surface area (Å²) in [5.74, 6) is 0.493. The summed E-state index contributed by atoms with van der Waals surface area (Å²) in [4.78, 5) is 4.01. The number of nitrogens with zero attached hydrogens (tertiary/aromatic N) is 2. The highest BCUT2D eigenvalue weighted by molar-refractivity contribution is 7.11. The molecule has 0 unspecified atom stereocenters. The van der Waals surface area contributed by atoms with E-state index in [0.29, 0.717) is 38.4 Å². The largest absolute Gasteiger partial charge is 0.388 e. The lowest BCUT2D eigenvalue weighted by molar-refractivity contribution is -0.0543. The minimum atomic E-state index is -0.730. The Morgan fingerprint density at radius 1 is 1.33 bits per heavy atom. The zero-order valence-electron chi connectivity index (χ0n) is 11.6. The summed E-state index contributed by atoms with van der Waals surface area (Å²) < 4.78 is 9.50. The number of nitrogens with one attached hydrogen (secondary N) is 1. The molecule has 3 heterocycles. The number of anilines is 2. The van der Waals surface area contributed by atoms with Crippen LogP contribution in [0.5, 0.6) is 0 Å². The Hall–Kier alpha value is -1.70. The second kappa shape index (κ2) is 5.97. The number of nitrogen functional groups attached to an aromatic ring is 1. The monoisotopic (exact) mass is 306 g/mol. The van der Waals surface area contributed by atoms with Crippen LogP contribution < -0.4 is 11.1 Å². The summed E-state index contributed by atoms with van der Waals surface area (Å²) in [6, 6.07) is 3.79. The Morgan fingerprint density at radius 2 is 2.05 bits per heavy atom. The van der Waals surface area contributed by atoms with Gasteiger partial charge in [-0.25, -0.2) is 0 Å². The first-order valence-electron chi connectivity index (χ1n) is 6.87. The number of hydrogen-bond donors (Lipinski definition) is 3. The predicted molar refractivity (Wildman–Crippen MR) is 83.2 cm³/mol. The van der Waals surface area contributed by atoms with Gasteiger partial charge in [-0.3, -0.25) is 4.98 Å². The fourth-order valence-corrected chi connectivity index (χ4v) is 3.12. The van der Waals surface area contributed by atoms with E-state index in [-0.39, 0.29) is 0 Å². The van der Waals surface area contributed by atoms with E-state index in [1.807, 2.05) is 12.1 Å². The lowest BCUT2D eigenvalue weighted by atomic mass is 9.94. The molecule has 1 fully saturated rings. The highest BCUT2D eigenvalue weighted by Gasteiger charge is 2.30. The van der Waals surface area contributed by atoms with Gasteiger partial charge in [-0.05, 0) is 29.2 Å². The molecule has 0 atom stereocenters. The number of nitrogens with two attached hydrogens (primary N) is 1. The van der Waals surface area contributed by atoms with Gasteiger partial charge in [-0.2, -0.15) is 4.37 Å². The molecule has 1 saturated heterocycles. The van der Waals surface area contributed by atoms with Crippen LogP contribution in [-0.4, -0.2) is 39.8 Å². The molecule has 0 aromatic carbocycles. The molecular weight excluding hydrogens is 288 g/mol. The van der Waals surface area contributed by atoms with Gasteiger partial charge in [-0.1, -0.05) is 0 Å². The fraction of sp³-hybridized carbons (Fsp3) is 0.429. The van der Waals surface area contributed by atoms with Gasteiger partial charge in [0.2, 0.25) is 0 Å². The smallest absolute Gasteiger partial charge is 0.147 e. The molecule has 7 heteroatoms. The Balaban J connectivity index is 1.77. The minimum absolute atomic E-state index is 0.468. The van der Waals surface area contributed by atoms with E-state index in [4.69, 9.17) is 10.5 Å². The Bertz CT molecular complexity index is 596. The van der Waals surface area contributed by atoms with Gasteiger partial charge in [0.05, 0.1) is 11.2 Å². The molecule has 2 aromatic heterocycles. The van der Waals surface area contributed by atoms with Gasteiger partial charge in [0.25, 0.3) is 0 Å². The topological polar surface area (TPSA) is 93.3 Å². The van der Waals surface area contributed by atoms with Crippen LogP contribution in [0.2, 0.25) is 0 Å². The molecule has 4 N–H and O–H groups in total. The van der Waals surface area contributed by atoms with Crippen LogP contribution in [0.3, 0.4) is 0 Å². The maximum absolute atomic E-state index is 10.5. The van der Waals surface area contributed by atoms with Crippen molar-refractivity contribution in [2.75, 3.05) is 30.8 Å². The van der Waals surface area contributed by atoms with E-state index < -0.39 is 5.60 Å². The zero-order chi connectivity index (χ0) is 14.7. The van der Waals surface area contributed by atoms with Crippen LogP contribution in [0.1, 0.15) is 12.8 Å². The molecule has 6 nitrogen and oxygen atoms in total. The van der Waals surface area contributed by atoms with Crippen LogP contribution in [0.15, 0.2) is 24.5 Å². The van der Waals surface area contributed by atoms with Crippen molar-refractivity contribution in [3.63, 3.8) is 0 Å². The van der Waals surface area contributed by atoms with Crippen molar-refractivity contribution in [1.82, 2.24) is 9.36 Å². The number of rotatable bonds is 4. The van der Waals surface area contributed by atoms with Crippen molar-refractivity contribution >= 4 is 22.4 Å². The second-order valence-corrected chi connectivity index (χ2v) is 5.97. The quantitative estimate of drug-likeness (QED) is 0.796. The van der Waals surface area contributed by atoms with Crippen LogP contribution >= 0.6 is 11.5 Å². The predicted octanol–water partition coefficient (Wildman–Crippen LogP) is 1.74. The van der Waals surface area contributed by atoms with E-state index in [9.17, 15) is 5.11 Å². The first-order valence-corrected chi connectivity index (χ1v) is 7.65. The Labute approximate surface area is 127 Å². The van der Waals surface area contributed by atoms with E-state index in [0.717, 1.165) is 16.1 Å². The van der Waals surface area contributed by atoms with Crippen molar-refractivity contribution in [2.45, 2.75) is 18.4 Å². The van der Waals surface area contributed by atoms with E-state index in [1.165, 1.54) is 11.5 Å². The molecule has 1 aliphatic rings. The number of pyridine rings is 1. The molecule has 0 saturated carbocycles. The van der Waals surface area contributed by atoms with Gasteiger partial charge in [0, 0.05) is 45.0 Å². The summed E-state index contributed by atoms with van der Waals surface area (Å²) >= 11 is 1.31. The third-order valence-corrected chi connectivity index (χ3v) is 4.51. The third-order valence-electron chi connectivity index (χ3n) is 3.69. The van der Waals surface area contributed by atoms with Gasteiger partial charge in [-0.15, -0.1) is 0 Å². The van der Waals surface area contributed by atoms with E-state index in [2.05, 4.69) is 14.7 Å². The Kier molecular flexibility index (Phi) is 4.05. The van der Waals surface area contributed by atoms with Crippen LogP contribution in [-0.2, 0) is 4.74 Å². The molecule has 2 aromatic rings. The lowest BCUT2D eigenvalue weighted by Gasteiger charge is -2.32. The Morgan fingerprint density at radius 3 is 2.76 bits per heavy atom. The van der Waals surface area contributed by atoms with Crippen LogP contribution in [0.25, 0.3) is 11.1 Å². The molecular formula is C14H18N4O2S. The molecule has 112 valence electrons. The molecule has 0 bridgehead atoms. The SMILES string of the molecule is Nc1nsc(NCC2(O)CCOCC2)c1-c1ccncc1. The van der Waals surface area contributed by atoms with Gasteiger partial charge in [0.1, 0.15) is 10.8 Å². The average molecular weight is 306 g/mol. The maximum Gasteiger partial charge on any atom is 0.147 e. The second-order valence-electron chi connectivity index (χ2n) is 5.20. The van der Waals surface area contributed by atoms with Crippen molar-refractivity contribution in [2.24, 2.45) is 0 Å². The average Bonchev–Trinajstić information content (AvgIpc) is 2.88. The molecule has 0 aliphatic carbocycles. The highest BCUT2D eigenvalue weighted by Crippen LogP contribution is 2.37. The molecule has 0 amide bonds. The molecule has 21 heavy (non-hydrogen) atoms. The first kappa shape index (κ1) is 14.2. The molecule has 0 radical (unpaired) electrons. The number of hydrogen-bond acceptors (Lipinski definition) is 7. The van der Waals surface area contributed by atoms with Crippen LogP contribution in [0, 0.1) is 0 Å². The fourth-order valence-electron chi connectivity index (χ4n) is 2.39. The van der Waals surface area contributed by atoms with Crippen LogP contribution in [0.4, 0.5) is 10.8 Å². The summed E-state index contributed by atoms with van der Waals surface area (Å²) in [6.07, 6.45) is 4.72. The van der Waals surface area contributed by atoms with Crippen molar-refractivity contribution in [1.29, 1.82) is 0 Å². The number of aliphatic hydroxyl groups is 1. The third kappa shape index (κ3) is 3.15. The number of aromatic nitrogens is 2. The van der Waals surface area contributed by atoms with Crippen molar-refractivity contribution < 1.29 is 9.84 Å². The highest BCUT2D eigenvalue weighted by atomic mass is 32.1. The summed E-state index contributed by atoms with van der Waals surface area (Å²) in [5, 5.41) is 14.7. The standard InChI is InChI=1S/C14H18N4O2S/c15-12-11(10-1-5-16-6-2-10)13(21-18-12)17-9-14(19)3-7-20-8-4-14/h1-2,5-6,17,19H,3-4,7-9H2,(H2,15,18). The molecule has 3 rings (SSSR count). The van der Waals surface area contributed by atoms with E-state index >= 15 is 0 Å². The summed E-state index contributed by atoms with van der Waals surface area (Å²) in [5.41, 5.74) is 7.09. The van der Waals surface area contributed by atoms with Crippen molar-refractivity contribution in [3.8, 4) is 11.1 Å². The minimum Gasteiger partial charge on any atom is -0.388 e. The summed E-state index contributed by atoms with van der Waals surface area (Å²) in [7, 11) is 0. The first-order chi connectivity index (χ1) is 10.2. The van der Waals surface area contributed by atoms with Gasteiger partial charge >= 0.3 is 0 Å². The zero-order valence-corrected chi connectivity index (χ0v) is 12.4. The van der Waals surface area contributed by atoms with Crippen molar-refractivity contribution in [3.05, 3.63) is 24.5 Å². The van der Waals surface area contributed by atoms with E-state index in [1.54, 1.807) is 12.4 Å². The van der Waals surface area contributed by atoms with Gasteiger partial charge in [0.15, 0.2) is 0 Å². The van der Waals surface area contributed by atoms with Gasteiger partial charge < -0.3 is 20.9 Å². The molecule has 0 spiro atoms. The lowest BCUT2D eigenvalue weighted by Crippen LogP contribution is -2.42.